The molecule has 0 amide bonds. The van der Waals surface area contributed by atoms with Crippen molar-refractivity contribution in [3.8, 4) is 5.75 Å². The maximum absolute atomic E-state index is 10.6. The zero-order valence-corrected chi connectivity index (χ0v) is 23.7. The molecule has 1 N–H and O–H groups in total. The molecule has 1 aromatic rings. The van der Waals surface area contributed by atoms with Crippen molar-refractivity contribution in [1.82, 2.24) is 0 Å². The van der Waals surface area contributed by atoms with Crippen molar-refractivity contribution in [2.75, 3.05) is 33.0 Å². The van der Waals surface area contributed by atoms with Crippen LogP contribution in [0.25, 0.3) is 0 Å². The first-order valence-corrected chi connectivity index (χ1v) is 12.7. The Morgan fingerprint density at radius 3 is 1.54 bits per heavy atom. The highest BCUT2D eigenvalue weighted by Crippen LogP contribution is 2.25. The normalized spacial score (nSPS) is 10.7. The molecule has 1 atom stereocenters. The monoisotopic (exact) mass is 553 g/mol. The van der Waals surface area contributed by atoms with Crippen LogP contribution in [0.2, 0.25) is 0 Å². The fourth-order valence-corrected chi connectivity index (χ4v) is 2.41. The number of benzene rings is 1. The Kier molecular flexibility index (Phi) is 51.3. The van der Waals surface area contributed by atoms with Gasteiger partial charge < -0.3 is 14.6 Å². The van der Waals surface area contributed by atoms with Gasteiger partial charge in [0, 0.05) is 13.3 Å². The van der Waals surface area contributed by atoms with E-state index in [2.05, 4.69) is 48.5 Å². The molecular formula is C30H49O9. The van der Waals surface area contributed by atoms with Gasteiger partial charge in [-0.15, -0.1) is 0 Å². The lowest BCUT2D eigenvalue weighted by atomic mass is 10.1. The molecule has 0 heterocycles. The summed E-state index contributed by atoms with van der Waals surface area (Å²) >= 11 is 0. The van der Waals surface area contributed by atoms with Crippen LogP contribution in [0.5, 0.6) is 5.75 Å². The molecule has 9 heteroatoms. The quantitative estimate of drug-likeness (QED) is 0.126. The number of unbranched alkanes of at least 4 members (excludes halogenated alkanes) is 6. The van der Waals surface area contributed by atoms with Crippen molar-refractivity contribution in [3.63, 3.8) is 0 Å². The van der Waals surface area contributed by atoms with Crippen molar-refractivity contribution in [2.24, 2.45) is 0 Å². The summed E-state index contributed by atoms with van der Waals surface area (Å²) in [7, 11) is 0. The summed E-state index contributed by atoms with van der Waals surface area (Å²) in [6.07, 6.45) is 10.9. The van der Waals surface area contributed by atoms with Crippen LogP contribution in [-0.4, -0.2) is 49.9 Å². The first-order chi connectivity index (χ1) is 18.6. The van der Waals surface area contributed by atoms with E-state index in [1.807, 2.05) is 30.3 Å². The van der Waals surface area contributed by atoms with E-state index in [1.165, 1.54) is 32.1 Å². The highest BCUT2D eigenvalue weighted by Gasteiger charge is 2.27. The summed E-state index contributed by atoms with van der Waals surface area (Å²) in [6, 6.07) is 9.30. The summed E-state index contributed by atoms with van der Waals surface area (Å²) in [5.41, 5.74) is 0. The third-order valence-electron chi connectivity index (χ3n) is 3.70. The Hall–Kier alpha value is -2.17. The topological polar surface area (TPSA) is 155 Å². The van der Waals surface area contributed by atoms with Gasteiger partial charge in [0.1, 0.15) is 5.75 Å². The van der Waals surface area contributed by atoms with Gasteiger partial charge in [-0.05, 0) is 53.2 Å². The molecule has 1 aromatic carbocycles. The Morgan fingerprint density at radius 2 is 1.15 bits per heavy atom. The average Bonchev–Trinajstić information content (AvgIpc) is 2.86. The van der Waals surface area contributed by atoms with Crippen molar-refractivity contribution in [3.05, 3.63) is 84.2 Å². The van der Waals surface area contributed by atoms with Crippen LogP contribution in [0.1, 0.15) is 58.3 Å². The highest BCUT2D eigenvalue weighted by molar-refractivity contribution is 5.79. The predicted octanol–water partition coefficient (Wildman–Crippen LogP) is 6.61. The van der Waals surface area contributed by atoms with E-state index in [4.69, 9.17) is 40.1 Å². The number of carboxylic acid groups (broad SMARTS) is 1. The summed E-state index contributed by atoms with van der Waals surface area (Å²) in [5.74, 6) is -1.52. The van der Waals surface area contributed by atoms with Crippen LogP contribution in [0, 0.1) is 41.5 Å². The van der Waals surface area contributed by atoms with Crippen molar-refractivity contribution in [1.29, 1.82) is 0 Å². The van der Waals surface area contributed by atoms with E-state index >= 15 is 0 Å². The Balaban J connectivity index is -0.000000213. The first-order valence-electron chi connectivity index (χ1n) is 12.7. The molecule has 9 nitrogen and oxygen atoms in total. The maximum Gasteiger partial charge on any atom is 0.331 e. The van der Waals surface area contributed by atoms with Gasteiger partial charge in [0.2, 0.25) is 0 Å². The largest absolute Gasteiger partial charge is 0.478 e. The maximum atomic E-state index is 10.6. The first kappa shape index (κ1) is 46.7. The summed E-state index contributed by atoms with van der Waals surface area (Å²) in [4.78, 5) is 10.6. The van der Waals surface area contributed by atoms with Crippen molar-refractivity contribution in [2.45, 2.75) is 64.1 Å². The molecule has 0 aliphatic heterocycles. The number of para-hydroxylation sites is 1. The molecule has 11 radical (unpaired) electrons. The minimum absolute atomic E-state index is 0.250. The minimum Gasteiger partial charge on any atom is -0.478 e. The number of rotatable bonds is 13. The van der Waals surface area contributed by atoms with E-state index in [9.17, 15) is 4.79 Å². The second-order valence-electron chi connectivity index (χ2n) is 6.98. The van der Waals surface area contributed by atoms with E-state index in [0.717, 1.165) is 25.2 Å². The second kappa shape index (κ2) is 42.9. The van der Waals surface area contributed by atoms with E-state index in [0.29, 0.717) is 12.2 Å². The van der Waals surface area contributed by atoms with Gasteiger partial charge in [0.05, 0.1) is 45.4 Å². The van der Waals surface area contributed by atoms with Gasteiger partial charge in [-0.3, -0.25) is 0 Å². The molecule has 0 aliphatic rings. The van der Waals surface area contributed by atoms with Crippen molar-refractivity contribution < 1.29 is 44.9 Å². The number of hydrogen-bond acceptors (Lipinski definition) is 3. The molecule has 0 saturated carbocycles. The predicted molar refractivity (Wildman–Crippen MR) is 150 cm³/mol. The number of carbonyl (C=O) groups is 1. The lowest BCUT2D eigenvalue weighted by Gasteiger charge is -2.29. The van der Waals surface area contributed by atoms with Crippen molar-refractivity contribution >= 4 is 5.97 Å². The molecule has 0 bridgehead atoms. The van der Waals surface area contributed by atoms with Crippen LogP contribution >= 0.6 is 0 Å². The summed E-state index contributed by atoms with van der Waals surface area (Å²) in [5, 5.41) is 52.8. The smallest absolute Gasteiger partial charge is 0.331 e. The number of hydrogen-bond donors (Lipinski definition) is 1. The lowest BCUT2D eigenvalue weighted by molar-refractivity contribution is -0.132. The highest BCUT2D eigenvalue weighted by atomic mass is 16.7. The molecule has 1 rings (SSSR count). The van der Waals surface area contributed by atoms with Gasteiger partial charge >= 0.3 is 5.97 Å². The molecule has 223 valence electrons. The van der Waals surface area contributed by atoms with Crippen LogP contribution in [0.3, 0.4) is 0 Å². The third-order valence-corrected chi connectivity index (χ3v) is 3.70. The molecule has 0 spiro atoms. The van der Waals surface area contributed by atoms with E-state index < -0.39 is 11.8 Å². The fourth-order valence-electron chi connectivity index (χ4n) is 2.41. The zero-order chi connectivity index (χ0) is 31.2. The summed E-state index contributed by atoms with van der Waals surface area (Å²) < 4.78 is 11.3. The van der Waals surface area contributed by atoms with Crippen LogP contribution in [-0.2, 0) is 35.1 Å². The van der Waals surface area contributed by atoms with Gasteiger partial charge in [-0.1, -0.05) is 63.6 Å². The van der Waals surface area contributed by atoms with Crippen LogP contribution in [0.15, 0.2) is 42.7 Å². The number of carboxylic acids is 1. The molecule has 0 aromatic heterocycles. The number of aliphatic carboxylic acids is 1. The van der Waals surface area contributed by atoms with E-state index in [-0.39, 0.29) is 33.0 Å². The molecule has 0 fully saturated rings. The average molecular weight is 554 g/mol. The van der Waals surface area contributed by atoms with Gasteiger partial charge in [0.25, 0.3) is 5.79 Å². The molecule has 0 saturated heterocycles. The Morgan fingerprint density at radius 1 is 0.769 bits per heavy atom. The fraction of sp³-hybridized carbons (Fsp3) is 0.500. The Labute approximate surface area is 238 Å². The van der Waals surface area contributed by atoms with Gasteiger partial charge in [-0.2, -0.15) is 0 Å². The van der Waals surface area contributed by atoms with E-state index in [1.54, 1.807) is 0 Å². The zero-order valence-electron chi connectivity index (χ0n) is 23.7. The third kappa shape index (κ3) is 52.9. The SMILES string of the molecule is [CH2]C(CCCCCCCCC)(OC=CC(=O)O)Oc1ccccc1.[CH2]C[O].[CH2]C[O].[CH2]C[O].[CH2]C[O].[CH2]C[O]. The van der Waals surface area contributed by atoms with Gasteiger partial charge in [0.15, 0.2) is 0 Å². The Bertz CT molecular complexity index is 557. The minimum atomic E-state index is -1.11. The van der Waals surface area contributed by atoms with Gasteiger partial charge in [-0.25, -0.2) is 30.3 Å². The molecule has 39 heavy (non-hydrogen) atoms. The number of ether oxygens (including phenoxy) is 2. The molecule has 1 unspecified atom stereocenters. The van der Waals surface area contributed by atoms with Crippen LogP contribution in [0.4, 0.5) is 0 Å². The standard InChI is InChI=1S/C20H29O4.5C2H4O/c1-3-4-5-6-7-8-12-16-20(2,23-17-15-19(21)22)24-18-13-10-9-11-14-18;5*1-2-3/h9-11,13-15,17H,2-8,12,16H2,1H3,(H,21,22);5*1-2H2. The molecule has 0 aliphatic carbocycles. The lowest BCUT2D eigenvalue weighted by Crippen LogP contribution is -2.34. The second-order valence-corrected chi connectivity index (χ2v) is 6.98. The summed E-state index contributed by atoms with van der Waals surface area (Å²) in [6.45, 7) is 19.6. The van der Waals surface area contributed by atoms with Crippen LogP contribution < -0.4 is 4.74 Å². The molecular weight excluding hydrogens is 504 g/mol.